The van der Waals surface area contributed by atoms with E-state index in [9.17, 15) is 4.39 Å². The second-order valence-electron chi connectivity index (χ2n) is 4.74. The maximum absolute atomic E-state index is 13.5. The summed E-state index contributed by atoms with van der Waals surface area (Å²) in [6, 6.07) is 10.3. The number of benzene rings is 1. The third kappa shape index (κ3) is 4.37. The standard InChI is InChI=1S/C12H17FSi/c1-14(2,3)10-12(13)9-11-7-5-4-6-8-11/h4-9H,10H2,1-3H3/b12-9-. The quantitative estimate of drug-likeness (QED) is 0.648. The molecular formula is C12H17FSi. The molecule has 1 rings (SSSR count). The largest absolute Gasteiger partial charge is 0.212 e. The third-order valence-electron chi connectivity index (χ3n) is 1.82. The maximum atomic E-state index is 13.5. The van der Waals surface area contributed by atoms with Gasteiger partial charge in [-0.1, -0.05) is 50.0 Å². The predicted octanol–water partition coefficient (Wildman–Crippen LogP) is 4.34. The Balaban J connectivity index is 2.70. The van der Waals surface area contributed by atoms with Gasteiger partial charge in [-0.15, -0.1) is 0 Å². The average molecular weight is 208 g/mol. The molecular weight excluding hydrogens is 191 g/mol. The second kappa shape index (κ2) is 4.56. The minimum absolute atomic E-state index is 0.00960. The van der Waals surface area contributed by atoms with Crippen LogP contribution in [0, 0.1) is 0 Å². The van der Waals surface area contributed by atoms with Crippen molar-refractivity contribution in [3.63, 3.8) is 0 Å². The first-order valence-corrected chi connectivity index (χ1v) is 8.59. The van der Waals surface area contributed by atoms with Crippen LogP contribution in [0.4, 0.5) is 4.39 Å². The molecule has 0 nitrogen and oxygen atoms in total. The number of halogens is 1. The number of hydrogen-bond donors (Lipinski definition) is 0. The summed E-state index contributed by atoms with van der Waals surface area (Å²) in [4.78, 5) is 0. The highest BCUT2D eigenvalue weighted by Gasteiger charge is 2.15. The molecule has 0 bridgehead atoms. The minimum Gasteiger partial charge on any atom is -0.212 e. The molecule has 0 atom stereocenters. The van der Waals surface area contributed by atoms with Gasteiger partial charge < -0.3 is 0 Å². The molecule has 0 N–H and O–H groups in total. The van der Waals surface area contributed by atoms with Crippen molar-refractivity contribution in [2.75, 3.05) is 0 Å². The van der Waals surface area contributed by atoms with Crippen LogP contribution in [-0.4, -0.2) is 8.07 Å². The van der Waals surface area contributed by atoms with Crippen LogP contribution >= 0.6 is 0 Å². The molecule has 2 heteroatoms. The van der Waals surface area contributed by atoms with Gasteiger partial charge in [-0.25, -0.2) is 4.39 Å². The zero-order valence-corrected chi connectivity index (χ0v) is 10.0. The first kappa shape index (κ1) is 11.2. The SMILES string of the molecule is C[Si](C)(C)C/C(F)=C/c1ccccc1. The molecule has 0 heterocycles. The third-order valence-corrected chi connectivity index (χ3v) is 3.22. The van der Waals surface area contributed by atoms with Crippen LogP contribution in [0.3, 0.4) is 0 Å². The van der Waals surface area contributed by atoms with Crippen molar-refractivity contribution in [3.05, 3.63) is 41.7 Å². The molecule has 76 valence electrons. The van der Waals surface area contributed by atoms with Crippen molar-refractivity contribution < 1.29 is 4.39 Å². The van der Waals surface area contributed by atoms with Crippen LogP contribution in [0.2, 0.25) is 25.7 Å². The Morgan fingerprint density at radius 2 is 1.79 bits per heavy atom. The van der Waals surface area contributed by atoms with Crippen LogP contribution in [0.25, 0.3) is 6.08 Å². The molecule has 0 aliphatic carbocycles. The molecule has 0 saturated heterocycles. The predicted molar refractivity (Wildman–Crippen MR) is 63.7 cm³/mol. The number of rotatable bonds is 3. The maximum Gasteiger partial charge on any atom is 0.0979 e. The van der Waals surface area contributed by atoms with E-state index in [0.717, 1.165) is 5.56 Å². The van der Waals surface area contributed by atoms with Gasteiger partial charge in [0.2, 0.25) is 0 Å². The summed E-state index contributed by atoms with van der Waals surface area (Å²) < 4.78 is 13.5. The van der Waals surface area contributed by atoms with E-state index in [1.54, 1.807) is 6.08 Å². The molecule has 1 aromatic rings. The first-order chi connectivity index (χ1) is 6.47. The minimum atomic E-state index is -1.32. The molecule has 0 aromatic heterocycles. The van der Waals surface area contributed by atoms with Crippen LogP contribution in [-0.2, 0) is 0 Å². The van der Waals surface area contributed by atoms with E-state index in [4.69, 9.17) is 0 Å². The molecule has 0 aliphatic heterocycles. The van der Waals surface area contributed by atoms with E-state index in [2.05, 4.69) is 19.6 Å². The highest BCUT2D eigenvalue weighted by atomic mass is 28.3. The van der Waals surface area contributed by atoms with Gasteiger partial charge in [0, 0.05) is 0 Å². The van der Waals surface area contributed by atoms with Crippen molar-refractivity contribution in [1.29, 1.82) is 0 Å². The van der Waals surface area contributed by atoms with Crippen LogP contribution in [0.15, 0.2) is 36.2 Å². The number of hydrogen-bond acceptors (Lipinski definition) is 0. The Labute approximate surface area is 86.5 Å². The summed E-state index contributed by atoms with van der Waals surface area (Å²) >= 11 is 0. The normalized spacial score (nSPS) is 13.0. The average Bonchev–Trinajstić information content (AvgIpc) is 2.02. The lowest BCUT2D eigenvalue weighted by Crippen LogP contribution is -2.18. The van der Waals surface area contributed by atoms with E-state index >= 15 is 0 Å². The van der Waals surface area contributed by atoms with E-state index in [1.165, 1.54) is 0 Å². The topological polar surface area (TPSA) is 0 Å². The van der Waals surface area contributed by atoms with E-state index < -0.39 is 8.07 Å². The Bertz CT molecular complexity index is 309. The van der Waals surface area contributed by atoms with Crippen LogP contribution in [0.1, 0.15) is 5.56 Å². The van der Waals surface area contributed by atoms with Gasteiger partial charge in [0.25, 0.3) is 0 Å². The van der Waals surface area contributed by atoms with E-state index in [1.807, 2.05) is 30.3 Å². The highest BCUT2D eigenvalue weighted by molar-refractivity contribution is 6.76. The lowest BCUT2D eigenvalue weighted by atomic mass is 10.2. The lowest BCUT2D eigenvalue weighted by molar-refractivity contribution is 0.644. The Hall–Kier alpha value is -0.893. The zero-order valence-electron chi connectivity index (χ0n) is 9.05. The van der Waals surface area contributed by atoms with Crippen LogP contribution < -0.4 is 0 Å². The van der Waals surface area contributed by atoms with E-state index in [0.29, 0.717) is 6.04 Å². The smallest absolute Gasteiger partial charge is 0.0979 e. The van der Waals surface area contributed by atoms with Crippen molar-refractivity contribution in [2.45, 2.75) is 25.7 Å². The fourth-order valence-corrected chi connectivity index (χ4v) is 2.40. The molecule has 0 fully saturated rings. The fourth-order valence-electron chi connectivity index (χ4n) is 1.29. The van der Waals surface area contributed by atoms with Gasteiger partial charge in [0.1, 0.15) is 0 Å². The fraction of sp³-hybridized carbons (Fsp3) is 0.333. The summed E-state index contributed by atoms with van der Waals surface area (Å²) in [6.45, 7) is 6.52. The van der Waals surface area contributed by atoms with Gasteiger partial charge in [-0.2, -0.15) is 0 Å². The van der Waals surface area contributed by atoms with E-state index in [-0.39, 0.29) is 5.83 Å². The molecule has 0 spiro atoms. The van der Waals surface area contributed by atoms with Crippen molar-refractivity contribution >= 4 is 14.1 Å². The highest BCUT2D eigenvalue weighted by Crippen LogP contribution is 2.19. The van der Waals surface area contributed by atoms with Gasteiger partial charge in [0.15, 0.2) is 0 Å². The molecule has 0 radical (unpaired) electrons. The Kier molecular flexibility index (Phi) is 3.64. The lowest BCUT2D eigenvalue weighted by Gasteiger charge is -2.13. The van der Waals surface area contributed by atoms with Gasteiger partial charge in [-0.05, 0) is 17.7 Å². The summed E-state index contributed by atoms with van der Waals surface area (Å²) in [5.74, 6) is 0.00960. The van der Waals surface area contributed by atoms with Crippen molar-refractivity contribution in [1.82, 2.24) is 0 Å². The monoisotopic (exact) mass is 208 g/mol. The number of allylic oxidation sites excluding steroid dienone is 1. The Morgan fingerprint density at radius 1 is 1.21 bits per heavy atom. The van der Waals surface area contributed by atoms with Gasteiger partial charge in [-0.3, -0.25) is 0 Å². The van der Waals surface area contributed by atoms with Gasteiger partial charge >= 0.3 is 0 Å². The molecule has 0 unspecified atom stereocenters. The van der Waals surface area contributed by atoms with Gasteiger partial charge in [0.05, 0.1) is 13.9 Å². The second-order valence-corrected chi connectivity index (χ2v) is 10.2. The summed E-state index contributed by atoms with van der Waals surface area (Å²) in [5, 5.41) is 0. The first-order valence-electron chi connectivity index (χ1n) is 4.88. The molecule has 14 heavy (non-hydrogen) atoms. The zero-order chi connectivity index (χ0) is 10.6. The molecule has 0 saturated carbocycles. The van der Waals surface area contributed by atoms with Crippen molar-refractivity contribution in [3.8, 4) is 0 Å². The molecule has 0 aliphatic rings. The van der Waals surface area contributed by atoms with Crippen LogP contribution in [0.5, 0.6) is 0 Å². The summed E-state index contributed by atoms with van der Waals surface area (Å²) in [7, 11) is -1.32. The van der Waals surface area contributed by atoms with Crippen molar-refractivity contribution in [2.24, 2.45) is 0 Å². The Morgan fingerprint density at radius 3 is 2.29 bits per heavy atom. The summed E-state index contributed by atoms with van der Waals surface area (Å²) in [5.41, 5.74) is 0.947. The molecule has 1 aromatic carbocycles. The molecule has 0 amide bonds. The summed E-state index contributed by atoms with van der Waals surface area (Å²) in [6.07, 6.45) is 1.64.